The molecule has 20 nitrogen and oxygen atoms in total. The Labute approximate surface area is 358 Å². The molecule has 0 spiro atoms. The van der Waals surface area contributed by atoms with Gasteiger partial charge in [-0.25, -0.2) is 29.5 Å². The summed E-state index contributed by atoms with van der Waals surface area (Å²) >= 11 is 0. The summed E-state index contributed by atoms with van der Waals surface area (Å²) in [5, 5.41) is 40.9. The van der Waals surface area contributed by atoms with Crippen LogP contribution in [0.25, 0.3) is 0 Å². The van der Waals surface area contributed by atoms with E-state index in [1.165, 1.54) is 0 Å². The van der Waals surface area contributed by atoms with Crippen molar-refractivity contribution in [3.63, 3.8) is 0 Å². The minimum absolute atomic E-state index is 0.0203. The molecule has 2 aromatic heterocycles. The molecule has 8 N–H and O–H groups in total. The number of rotatable bonds is 16. The van der Waals surface area contributed by atoms with Crippen molar-refractivity contribution in [2.45, 2.75) is 116 Å². The Hall–Kier alpha value is -6.32. The normalized spacial score (nSPS) is 19.6. The Balaban J connectivity index is 0.000000234. The third-order valence-electron chi connectivity index (χ3n) is 11.8. The number of hydrazine groups is 2. The molecular weight excluding hydrogens is 811 g/mol. The molecule has 62 heavy (non-hydrogen) atoms. The van der Waals surface area contributed by atoms with Gasteiger partial charge in [0.2, 0.25) is 23.4 Å². The molecule has 6 rings (SSSR count). The number of carbonyl (C=O) groups is 4. The van der Waals surface area contributed by atoms with Crippen molar-refractivity contribution >= 4 is 47.3 Å². The van der Waals surface area contributed by atoms with Gasteiger partial charge in [0.1, 0.15) is 23.7 Å². The Morgan fingerprint density at radius 3 is 1.35 bits per heavy atom. The van der Waals surface area contributed by atoms with Crippen molar-refractivity contribution in [1.82, 2.24) is 41.4 Å². The predicted molar refractivity (Wildman–Crippen MR) is 221 cm³/mol. The number of nitrogens with one attached hydrogen (secondary N) is 6. The minimum Gasteiger partial charge on any atom is -0.465 e. The quantitative estimate of drug-likeness (QED) is 0.107. The fourth-order valence-corrected chi connectivity index (χ4v) is 8.67. The van der Waals surface area contributed by atoms with Crippen LogP contribution < -0.4 is 42.1 Å². The van der Waals surface area contributed by atoms with E-state index in [9.17, 15) is 29.7 Å². The number of hydrogen-bond donors (Lipinski definition) is 8. The van der Waals surface area contributed by atoms with Crippen LogP contribution in [0.15, 0.2) is 0 Å². The van der Waals surface area contributed by atoms with E-state index in [1.807, 2.05) is 0 Å². The summed E-state index contributed by atoms with van der Waals surface area (Å²) in [5.41, 5.74) is 10.0. The Kier molecular flexibility index (Phi) is 17.0. The van der Waals surface area contributed by atoms with Crippen molar-refractivity contribution in [3.05, 3.63) is 23.3 Å². The first kappa shape index (κ1) is 46.7. The van der Waals surface area contributed by atoms with Gasteiger partial charge in [0, 0.05) is 26.2 Å². The van der Waals surface area contributed by atoms with Gasteiger partial charge >= 0.3 is 12.2 Å². The van der Waals surface area contributed by atoms with E-state index < -0.39 is 59.6 Å². The van der Waals surface area contributed by atoms with Crippen LogP contribution in [-0.2, 0) is 9.59 Å². The maximum Gasteiger partial charge on any atom is 0.404 e. The van der Waals surface area contributed by atoms with Crippen LogP contribution in [0.1, 0.15) is 102 Å². The standard InChI is InChI=1S/2C20H28FN7O3/c2*1-12-24-17(16(21)18(25-12)28-8-4-7-15(28)10-22)26-27-19(29)14(11-23-20(30)31)9-13-5-2-3-6-13/h2*13-15,23H,2-9,11H2,1H3,(H,27,29)(H,30,31)(H,24,25,26)/t2*14-,15+/m11/s1. The summed E-state index contributed by atoms with van der Waals surface area (Å²) in [6.45, 7) is 4.20. The number of aromatic nitrogens is 4. The largest absolute Gasteiger partial charge is 0.465 e. The lowest BCUT2D eigenvalue weighted by Gasteiger charge is -2.23. The van der Waals surface area contributed by atoms with E-state index >= 15 is 8.78 Å². The van der Waals surface area contributed by atoms with Crippen LogP contribution in [-0.4, -0.2) is 92.4 Å². The monoisotopic (exact) mass is 866 g/mol. The van der Waals surface area contributed by atoms with Gasteiger partial charge in [-0.15, -0.1) is 0 Å². The highest BCUT2D eigenvalue weighted by atomic mass is 19.1. The molecule has 22 heteroatoms. The van der Waals surface area contributed by atoms with Gasteiger partial charge in [0.05, 0.1) is 24.0 Å². The number of halogens is 2. The van der Waals surface area contributed by atoms with Gasteiger partial charge in [0.25, 0.3) is 0 Å². The second kappa shape index (κ2) is 22.5. The highest BCUT2D eigenvalue weighted by Gasteiger charge is 2.32. The lowest BCUT2D eigenvalue weighted by Crippen LogP contribution is -2.42. The van der Waals surface area contributed by atoms with E-state index in [1.54, 1.807) is 23.6 Å². The molecule has 2 saturated heterocycles. The maximum atomic E-state index is 15.1. The lowest BCUT2D eigenvalue weighted by atomic mass is 9.92. The third kappa shape index (κ3) is 12.8. The summed E-state index contributed by atoms with van der Waals surface area (Å²) in [5.74, 6) is -2.52. The molecule has 2 aliphatic carbocycles. The van der Waals surface area contributed by atoms with Crippen molar-refractivity contribution in [2.24, 2.45) is 23.7 Å². The third-order valence-corrected chi connectivity index (χ3v) is 11.8. The topological polar surface area (TPSA) is 287 Å². The number of nitrogens with zero attached hydrogens (tertiary/aromatic N) is 8. The molecule has 4 fully saturated rings. The van der Waals surface area contributed by atoms with Crippen LogP contribution in [0, 0.1) is 71.8 Å². The molecule has 4 aliphatic rings. The van der Waals surface area contributed by atoms with Crippen molar-refractivity contribution in [3.8, 4) is 12.1 Å². The number of aryl methyl sites for hydroxylation is 2. The Bertz CT molecular complexity index is 1850. The van der Waals surface area contributed by atoms with Crippen LogP contribution >= 0.6 is 0 Å². The van der Waals surface area contributed by atoms with Crippen molar-refractivity contribution < 1.29 is 38.2 Å². The average Bonchev–Trinajstić information content (AvgIpc) is 4.10. The molecule has 0 unspecified atom stereocenters. The summed E-state index contributed by atoms with van der Waals surface area (Å²) in [4.78, 5) is 66.8. The molecule has 2 aliphatic heterocycles. The summed E-state index contributed by atoms with van der Waals surface area (Å²) in [6.07, 6.45) is 10.0. The first-order valence-corrected chi connectivity index (χ1v) is 21.2. The number of carbonyl (C=O) groups excluding carboxylic acids is 2. The molecule has 0 aromatic carbocycles. The molecule has 4 amide bonds. The van der Waals surface area contributed by atoms with Gasteiger partial charge in [0.15, 0.2) is 23.3 Å². The molecule has 0 bridgehead atoms. The molecule has 0 radical (unpaired) electrons. The number of hydrogen-bond acceptors (Lipinski definition) is 14. The smallest absolute Gasteiger partial charge is 0.404 e. The molecule has 4 heterocycles. The Morgan fingerprint density at radius 2 is 1.02 bits per heavy atom. The zero-order valence-electron chi connectivity index (χ0n) is 35.1. The zero-order chi connectivity index (χ0) is 44.8. The second-order valence-corrected chi connectivity index (χ2v) is 16.2. The molecular formula is C40H56F2N14O6. The van der Waals surface area contributed by atoms with E-state index in [4.69, 9.17) is 10.2 Å². The van der Waals surface area contributed by atoms with Gasteiger partial charge in [-0.1, -0.05) is 51.4 Å². The second-order valence-electron chi connectivity index (χ2n) is 16.2. The van der Waals surface area contributed by atoms with Crippen molar-refractivity contribution in [1.29, 1.82) is 10.5 Å². The van der Waals surface area contributed by atoms with Crippen LogP contribution in [0.5, 0.6) is 0 Å². The van der Waals surface area contributed by atoms with Gasteiger partial charge in [-0.3, -0.25) is 31.3 Å². The van der Waals surface area contributed by atoms with Gasteiger partial charge < -0.3 is 30.6 Å². The lowest BCUT2D eigenvalue weighted by molar-refractivity contribution is -0.125. The fraction of sp³-hybridized carbons (Fsp3) is 0.650. The molecule has 2 saturated carbocycles. The SMILES string of the molecule is Cc1nc(NNC(=O)[C@@H](CNC(=O)O)CC2CCCC2)c(F)c(N2CCC[C@H]2C#N)n1.Cc1nc(NNC(=O)[C@@H](CNC(=O)O)CC2CCCC2)c(F)c(N2CCC[C@H]2C#N)n1. The summed E-state index contributed by atoms with van der Waals surface area (Å²) in [7, 11) is 0. The zero-order valence-corrected chi connectivity index (χ0v) is 35.1. The van der Waals surface area contributed by atoms with Gasteiger partial charge in [-0.2, -0.15) is 19.3 Å². The van der Waals surface area contributed by atoms with Crippen LogP contribution in [0.2, 0.25) is 0 Å². The highest BCUT2D eigenvalue weighted by Crippen LogP contribution is 2.33. The number of amides is 4. The van der Waals surface area contributed by atoms with Gasteiger partial charge in [-0.05, 0) is 64.2 Å². The predicted octanol–water partition coefficient (Wildman–Crippen LogP) is 4.65. The summed E-state index contributed by atoms with van der Waals surface area (Å²) < 4.78 is 30.1. The van der Waals surface area contributed by atoms with E-state index in [-0.39, 0.29) is 36.4 Å². The van der Waals surface area contributed by atoms with E-state index in [0.717, 1.165) is 64.2 Å². The van der Waals surface area contributed by atoms with E-state index in [0.29, 0.717) is 62.3 Å². The fourth-order valence-electron chi connectivity index (χ4n) is 8.67. The first-order valence-electron chi connectivity index (χ1n) is 21.2. The number of carboxylic acid groups (broad SMARTS) is 2. The highest BCUT2D eigenvalue weighted by molar-refractivity contribution is 5.81. The summed E-state index contributed by atoms with van der Waals surface area (Å²) in [6, 6.07) is 3.40. The maximum absolute atomic E-state index is 15.1. The van der Waals surface area contributed by atoms with E-state index in [2.05, 4.69) is 64.4 Å². The number of nitriles is 2. The van der Waals surface area contributed by atoms with Crippen LogP contribution in [0.3, 0.4) is 0 Å². The molecule has 336 valence electrons. The molecule has 4 atom stereocenters. The minimum atomic E-state index is -1.20. The average molecular weight is 867 g/mol. The Morgan fingerprint density at radius 1 is 0.645 bits per heavy atom. The van der Waals surface area contributed by atoms with Crippen molar-refractivity contribution in [2.75, 3.05) is 46.8 Å². The first-order chi connectivity index (χ1) is 29.8. The molecule has 2 aromatic rings. The van der Waals surface area contributed by atoms with Crippen LogP contribution in [0.4, 0.5) is 41.6 Å². The number of anilines is 4.